The van der Waals surface area contributed by atoms with E-state index >= 15 is 0 Å². The molecule has 1 unspecified atom stereocenters. The van der Waals surface area contributed by atoms with Crippen LogP contribution < -0.4 is 15.4 Å². The van der Waals surface area contributed by atoms with Gasteiger partial charge in [0.2, 0.25) is 5.91 Å². The first-order valence-corrected chi connectivity index (χ1v) is 8.47. The summed E-state index contributed by atoms with van der Waals surface area (Å²) in [6.07, 6.45) is 7.38. The third-order valence-electron chi connectivity index (χ3n) is 4.19. The second-order valence-corrected chi connectivity index (χ2v) is 6.13. The molecule has 1 atom stereocenters. The Balaban J connectivity index is 1.79. The third-order valence-corrected chi connectivity index (χ3v) is 4.19. The van der Waals surface area contributed by atoms with Crippen molar-refractivity contribution in [3.05, 3.63) is 24.3 Å². The van der Waals surface area contributed by atoms with Crippen LogP contribution in [0.1, 0.15) is 52.4 Å². The maximum absolute atomic E-state index is 12.0. The van der Waals surface area contributed by atoms with Crippen LogP contribution in [0.3, 0.4) is 0 Å². The number of ether oxygens (including phenoxy) is 1. The molecule has 1 aromatic carbocycles. The Labute approximate surface area is 133 Å². The largest absolute Gasteiger partial charge is 0.491 e. The molecular formula is C18H28N2O2. The lowest BCUT2D eigenvalue weighted by Crippen LogP contribution is -2.37. The Morgan fingerprint density at radius 3 is 2.82 bits per heavy atom. The molecule has 2 N–H and O–H groups in total. The zero-order valence-electron chi connectivity index (χ0n) is 13.7. The molecule has 1 fully saturated rings. The topological polar surface area (TPSA) is 50.4 Å². The lowest BCUT2D eigenvalue weighted by atomic mass is 9.95. The molecule has 0 aliphatic heterocycles. The summed E-state index contributed by atoms with van der Waals surface area (Å²) in [6.45, 7) is 4.51. The number of amides is 1. The zero-order chi connectivity index (χ0) is 15.8. The maximum atomic E-state index is 12.0. The molecule has 1 aliphatic carbocycles. The molecule has 2 rings (SSSR count). The van der Waals surface area contributed by atoms with Gasteiger partial charge in [-0.15, -0.1) is 0 Å². The van der Waals surface area contributed by atoms with Crippen molar-refractivity contribution in [3.63, 3.8) is 0 Å². The summed E-state index contributed by atoms with van der Waals surface area (Å²) in [5, 5.41) is 6.29. The normalized spacial score (nSPS) is 17.0. The number of benzene rings is 1. The Hall–Kier alpha value is -1.55. The summed E-state index contributed by atoms with van der Waals surface area (Å²) in [7, 11) is 0. The monoisotopic (exact) mass is 304 g/mol. The van der Waals surface area contributed by atoms with Gasteiger partial charge >= 0.3 is 0 Å². The lowest BCUT2D eigenvalue weighted by molar-refractivity contribution is -0.115. The number of carbonyl (C=O) groups is 1. The Morgan fingerprint density at radius 2 is 2.09 bits per heavy atom. The van der Waals surface area contributed by atoms with Crippen molar-refractivity contribution in [2.45, 2.75) is 64.5 Å². The third kappa shape index (κ3) is 5.68. The van der Waals surface area contributed by atoms with E-state index in [0.29, 0.717) is 12.6 Å². The quantitative estimate of drug-likeness (QED) is 0.807. The van der Waals surface area contributed by atoms with Gasteiger partial charge in [-0.05, 0) is 38.3 Å². The lowest BCUT2D eigenvalue weighted by Gasteiger charge is -2.22. The number of anilines is 1. The van der Waals surface area contributed by atoms with Crippen LogP contribution in [0.5, 0.6) is 5.75 Å². The van der Waals surface area contributed by atoms with Crippen molar-refractivity contribution in [1.82, 2.24) is 5.32 Å². The molecule has 1 amide bonds. The second kappa shape index (κ2) is 8.79. The van der Waals surface area contributed by atoms with Crippen LogP contribution in [-0.2, 0) is 4.79 Å². The number of hydrogen-bond donors (Lipinski definition) is 2. The first kappa shape index (κ1) is 16.8. The zero-order valence-corrected chi connectivity index (χ0v) is 13.7. The van der Waals surface area contributed by atoms with Crippen LogP contribution in [0, 0.1) is 0 Å². The molecule has 4 heteroatoms. The van der Waals surface area contributed by atoms with Gasteiger partial charge in [0, 0.05) is 17.8 Å². The van der Waals surface area contributed by atoms with Crippen molar-refractivity contribution in [2.75, 3.05) is 11.9 Å². The molecule has 0 spiro atoms. The molecule has 0 heterocycles. The molecular weight excluding hydrogens is 276 g/mol. The number of nitrogens with one attached hydrogen (secondary N) is 2. The number of hydrogen-bond acceptors (Lipinski definition) is 3. The van der Waals surface area contributed by atoms with Gasteiger partial charge in [0.1, 0.15) is 5.75 Å². The molecule has 0 radical (unpaired) electrons. The first-order valence-electron chi connectivity index (χ1n) is 8.47. The predicted molar refractivity (Wildman–Crippen MR) is 90.3 cm³/mol. The Bertz CT molecular complexity index is 470. The highest BCUT2D eigenvalue weighted by Crippen LogP contribution is 2.19. The molecule has 0 aromatic heterocycles. The summed E-state index contributed by atoms with van der Waals surface area (Å²) < 4.78 is 5.77. The molecule has 22 heavy (non-hydrogen) atoms. The van der Waals surface area contributed by atoms with E-state index < -0.39 is 0 Å². The summed E-state index contributed by atoms with van der Waals surface area (Å²) in [6, 6.07) is 8.09. The van der Waals surface area contributed by atoms with Crippen LogP contribution in [0.2, 0.25) is 0 Å². The molecule has 1 aromatic rings. The van der Waals surface area contributed by atoms with E-state index in [1.54, 1.807) is 0 Å². The van der Waals surface area contributed by atoms with Gasteiger partial charge in [0.05, 0.1) is 12.6 Å². The van der Waals surface area contributed by atoms with E-state index in [1.807, 2.05) is 31.2 Å². The predicted octanol–water partition coefficient (Wildman–Crippen LogP) is 3.72. The summed E-state index contributed by atoms with van der Waals surface area (Å²) in [5.41, 5.74) is 0.788. The fourth-order valence-electron chi connectivity index (χ4n) is 2.71. The summed E-state index contributed by atoms with van der Waals surface area (Å²) >= 11 is 0. The van der Waals surface area contributed by atoms with E-state index in [2.05, 4.69) is 17.6 Å². The fourth-order valence-corrected chi connectivity index (χ4v) is 2.71. The summed E-state index contributed by atoms with van der Waals surface area (Å²) in [4.78, 5) is 12.0. The number of rotatable bonds is 7. The molecule has 0 saturated heterocycles. The van der Waals surface area contributed by atoms with Crippen molar-refractivity contribution in [3.8, 4) is 5.75 Å². The smallest absolute Gasteiger partial charge is 0.238 e. The van der Waals surface area contributed by atoms with Crippen LogP contribution in [0.15, 0.2) is 24.3 Å². The molecule has 4 nitrogen and oxygen atoms in total. The second-order valence-electron chi connectivity index (χ2n) is 6.13. The number of carbonyl (C=O) groups excluding carboxylic acids is 1. The minimum absolute atomic E-state index is 0.00580. The van der Waals surface area contributed by atoms with Gasteiger partial charge in [0.15, 0.2) is 0 Å². The Kier molecular flexibility index (Phi) is 6.72. The average Bonchev–Trinajstić information content (AvgIpc) is 2.54. The van der Waals surface area contributed by atoms with Crippen molar-refractivity contribution >= 4 is 11.6 Å². The molecule has 1 aliphatic rings. The van der Waals surface area contributed by atoms with Crippen LogP contribution >= 0.6 is 0 Å². The minimum atomic E-state index is 0.00580. The van der Waals surface area contributed by atoms with Gasteiger partial charge in [-0.1, -0.05) is 32.3 Å². The molecule has 0 bridgehead atoms. The first-order chi connectivity index (χ1) is 10.7. The molecule has 122 valence electrons. The van der Waals surface area contributed by atoms with Crippen molar-refractivity contribution < 1.29 is 9.53 Å². The highest BCUT2D eigenvalue weighted by Gasteiger charge is 2.14. The summed E-state index contributed by atoms with van der Waals surface area (Å²) in [5.74, 6) is 0.804. The van der Waals surface area contributed by atoms with E-state index in [1.165, 1.54) is 32.1 Å². The van der Waals surface area contributed by atoms with E-state index in [-0.39, 0.29) is 12.0 Å². The fraction of sp³-hybridized carbons (Fsp3) is 0.611. The van der Waals surface area contributed by atoms with Gasteiger partial charge < -0.3 is 15.4 Å². The highest BCUT2D eigenvalue weighted by molar-refractivity contribution is 5.92. The van der Waals surface area contributed by atoms with Crippen molar-refractivity contribution in [1.29, 1.82) is 0 Å². The van der Waals surface area contributed by atoms with Gasteiger partial charge in [-0.25, -0.2) is 0 Å². The van der Waals surface area contributed by atoms with Gasteiger partial charge in [0.25, 0.3) is 0 Å². The standard InChI is InChI=1S/C18H28N2O2/c1-3-14(2)22-17-11-7-10-16(12-17)20-18(21)13-19-15-8-5-4-6-9-15/h7,10-12,14-15,19H,3-6,8-9,13H2,1-2H3,(H,20,21). The highest BCUT2D eigenvalue weighted by atomic mass is 16.5. The maximum Gasteiger partial charge on any atom is 0.238 e. The van der Waals surface area contributed by atoms with Crippen LogP contribution in [-0.4, -0.2) is 24.6 Å². The van der Waals surface area contributed by atoms with E-state index in [9.17, 15) is 4.79 Å². The average molecular weight is 304 g/mol. The Morgan fingerprint density at radius 1 is 1.32 bits per heavy atom. The van der Waals surface area contributed by atoms with Gasteiger partial charge in [-0.2, -0.15) is 0 Å². The van der Waals surface area contributed by atoms with Crippen LogP contribution in [0.4, 0.5) is 5.69 Å². The van der Waals surface area contributed by atoms with Gasteiger partial charge in [-0.3, -0.25) is 4.79 Å². The van der Waals surface area contributed by atoms with Crippen LogP contribution in [0.25, 0.3) is 0 Å². The minimum Gasteiger partial charge on any atom is -0.491 e. The van der Waals surface area contributed by atoms with E-state index in [4.69, 9.17) is 4.74 Å². The van der Waals surface area contributed by atoms with E-state index in [0.717, 1.165) is 17.9 Å². The molecule has 1 saturated carbocycles. The SMILES string of the molecule is CCC(C)Oc1cccc(NC(=O)CNC2CCCCC2)c1. The van der Waals surface area contributed by atoms with Crippen molar-refractivity contribution in [2.24, 2.45) is 0 Å².